The van der Waals surface area contributed by atoms with Gasteiger partial charge in [0.2, 0.25) is 5.78 Å². The van der Waals surface area contributed by atoms with Crippen molar-refractivity contribution in [2.75, 3.05) is 6.61 Å². The van der Waals surface area contributed by atoms with Gasteiger partial charge in [0.1, 0.15) is 6.04 Å². The fraction of sp³-hybridized carbons (Fsp3) is 0.286. The molecule has 1 aliphatic heterocycles. The molecule has 0 saturated carbocycles. The lowest BCUT2D eigenvalue weighted by Crippen LogP contribution is -2.37. The molecule has 2 aromatic heterocycles. The first kappa shape index (κ1) is 24.8. The maximum absolute atomic E-state index is 13.1. The molecule has 1 N–H and O–H groups in total. The maximum Gasteiger partial charge on any atom is 0.328 e. The van der Waals surface area contributed by atoms with Gasteiger partial charge in [-0.05, 0) is 36.2 Å². The molecule has 1 unspecified atom stereocenters. The Morgan fingerprint density at radius 1 is 1.08 bits per heavy atom. The van der Waals surface area contributed by atoms with Crippen LogP contribution in [0.5, 0.6) is 0 Å². The molecular weight excluding hydrogens is 492 g/mol. The summed E-state index contributed by atoms with van der Waals surface area (Å²) in [6.45, 7) is 3.15. The molecule has 1 saturated heterocycles. The minimum atomic E-state index is -0.617. The molecule has 0 spiro atoms. The predicted molar refractivity (Wildman–Crippen MR) is 142 cm³/mol. The largest absolute Gasteiger partial charge is 0.464 e. The molecule has 3 heterocycles. The molecule has 5 rings (SSSR count). The first-order valence-electron chi connectivity index (χ1n) is 12.4. The van der Waals surface area contributed by atoms with Crippen LogP contribution in [0.25, 0.3) is 28.3 Å². The van der Waals surface area contributed by atoms with Gasteiger partial charge < -0.3 is 14.6 Å². The molecule has 1 atom stereocenters. The summed E-state index contributed by atoms with van der Waals surface area (Å²) < 4.78 is 8.54. The molecule has 4 aromatic rings. The van der Waals surface area contributed by atoms with Gasteiger partial charge in [-0.15, -0.1) is 0 Å². The summed E-state index contributed by atoms with van der Waals surface area (Å²) in [6.07, 6.45) is 5.26. The highest BCUT2D eigenvalue weighted by molar-refractivity contribution is 6.30. The number of cyclic esters (lactones) is 1. The molecule has 8 nitrogen and oxygen atoms in total. The Labute approximate surface area is 218 Å². The Balaban J connectivity index is 1.51. The van der Waals surface area contributed by atoms with Crippen molar-refractivity contribution in [3.8, 4) is 22.5 Å². The fourth-order valence-corrected chi connectivity index (χ4v) is 4.62. The lowest BCUT2D eigenvalue weighted by atomic mass is 10.1. The van der Waals surface area contributed by atoms with Crippen LogP contribution in [0, 0.1) is 0 Å². The van der Waals surface area contributed by atoms with Gasteiger partial charge in [0, 0.05) is 41.4 Å². The number of amides is 1. The van der Waals surface area contributed by atoms with E-state index >= 15 is 0 Å². The Kier molecular flexibility index (Phi) is 7.10. The number of rotatable bonds is 8. The zero-order valence-electron chi connectivity index (χ0n) is 20.4. The highest BCUT2D eigenvalue weighted by Crippen LogP contribution is 2.25. The third-order valence-electron chi connectivity index (χ3n) is 6.53. The van der Waals surface area contributed by atoms with E-state index in [0.29, 0.717) is 41.6 Å². The first-order valence-corrected chi connectivity index (χ1v) is 12.8. The number of unbranched alkanes of at least 4 members (excludes halogenated alkanes) is 2. The summed E-state index contributed by atoms with van der Waals surface area (Å²) in [7, 11) is 0. The van der Waals surface area contributed by atoms with Gasteiger partial charge in [-0.2, -0.15) is 0 Å². The second-order valence-corrected chi connectivity index (χ2v) is 9.53. The summed E-state index contributed by atoms with van der Waals surface area (Å²) in [5.41, 5.74) is 3.32. The van der Waals surface area contributed by atoms with Gasteiger partial charge in [-0.25, -0.2) is 9.78 Å². The second kappa shape index (κ2) is 10.6. The minimum absolute atomic E-state index is 0.189. The standard InChI is InChI=1S/C28H27ClN4O4/c1-2-3-4-14-32-24(19-5-7-20(8-6-19)26(35)30-22-13-15-37-27(22)36)16-25(34)33-17-23(31-28(32)33)18-9-11-21(29)12-10-18/h5-12,16-17,22H,2-4,13-15H2,1H3,(H,30,35). The highest BCUT2D eigenvalue weighted by Gasteiger charge is 2.28. The van der Waals surface area contributed by atoms with E-state index in [9.17, 15) is 14.4 Å². The summed E-state index contributed by atoms with van der Waals surface area (Å²) in [5, 5.41) is 3.35. The summed E-state index contributed by atoms with van der Waals surface area (Å²) in [5.74, 6) is -0.191. The molecule has 1 aliphatic rings. The van der Waals surface area contributed by atoms with E-state index in [-0.39, 0.29) is 11.5 Å². The Hall–Kier alpha value is -3.91. The zero-order chi connectivity index (χ0) is 25.9. The number of carbonyl (C=O) groups excluding carboxylic acids is 2. The molecule has 1 fully saturated rings. The number of aromatic nitrogens is 3. The van der Waals surface area contributed by atoms with Gasteiger partial charge in [-0.1, -0.05) is 55.6 Å². The van der Waals surface area contributed by atoms with Crippen LogP contribution < -0.4 is 10.9 Å². The minimum Gasteiger partial charge on any atom is -0.464 e. The number of ether oxygens (including phenoxy) is 1. The quantitative estimate of drug-likeness (QED) is 0.269. The van der Waals surface area contributed by atoms with Gasteiger partial charge >= 0.3 is 5.97 Å². The number of nitrogens with zero attached hydrogens (tertiary/aromatic N) is 3. The average Bonchev–Trinajstić information content (AvgIpc) is 3.53. The van der Waals surface area contributed by atoms with Crippen molar-refractivity contribution < 1.29 is 14.3 Å². The van der Waals surface area contributed by atoms with Gasteiger partial charge in [-0.3, -0.25) is 14.0 Å². The monoisotopic (exact) mass is 518 g/mol. The molecular formula is C28H27ClN4O4. The third-order valence-corrected chi connectivity index (χ3v) is 6.78. The molecule has 1 amide bonds. The molecule has 2 aromatic carbocycles. The Bertz CT molecular complexity index is 1510. The number of hydrogen-bond donors (Lipinski definition) is 1. The average molecular weight is 519 g/mol. The number of carbonyl (C=O) groups is 2. The zero-order valence-corrected chi connectivity index (χ0v) is 21.2. The number of benzene rings is 2. The first-order chi connectivity index (χ1) is 17.9. The number of imidazole rings is 1. The number of halogens is 1. The number of aryl methyl sites for hydroxylation is 1. The number of nitrogens with one attached hydrogen (secondary N) is 1. The highest BCUT2D eigenvalue weighted by atomic mass is 35.5. The number of esters is 1. The molecule has 0 bridgehead atoms. The lowest BCUT2D eigenvalue weighted by molar-refractivity contribution is -0.139. The third kappa shape index (κ3) is 5.15. The number of fused-ring (bicyclic) bond motifs is 1. The van der Waals surface area contributed by atoms with Crippen molar-refractivity contribution >= 4 is 29.3 Å². The van der Waals surface area contributed by atoms with Crippen LogP contribution in [-0.2, 0) is 16.1 Å². The molecule has 0 radical (unpaired) electrons. The van der Waals surface area contributed by atoms with Crippen molar-refractivity contribution in [3.63, 3.8) is 0 Å². The van der Waals surface area contributed by atoms with E-state index in [4.69, 9.17) is 21.3 Å². The number of hydrogen-bond acceptors (Lipinski definition) is 5. The van der Waals surface area contributed by atoms with Gasteiger partial charge in [0.15, 0.2) is 0 Å². The molecule has 37 heavy (non-hydrogen) atoms. The van der Waals surface area contributed by atoms with E-state index in [1.165, 1.54) is 0 Å². The van der Waals surface area contributed by atoms with E-state index in [1.807, 2.05) is 24.3 Å². The lowest BCUT2D eigenvalue weighted by Gasteiger charge is -2.15. The van der Waals surface area contributed by atoms with Crippen molar-refractivity contribution in [1.82, 2.24) is 19.3 Å². The Morgan fingerprint density at radius 2 is 1.81 bits per heavy atom. The van der Waals surface area contributed by atoms with Crippen molar-refractivity contribution in [1.29, 1.82) is 0 Å². The Morgan fingerprint density at radius 3 is 2.49 bits per heavy atom. The summed E-state index contributed by atoms with van der Waals surface area (Å²) in [6, 6.07) is 15.4. The van der Waals surface area contributed by atoms with Crippen LogP contribution in [0.15, 0.2) is 65.6 Å². The van der Waals surface area contributed by atoms with E-state index in [0.717, 1.165) is 36.1 Å². The fourth-order valence-electron chi connectivity index (χ4n) is 4.50. The molecule has 0 aliphatic carbocycles. The van der Waals surface area contributed by atoms with Crippen molar-refractivity contribution in [2.24, 2.45) is 0 Å². The summed E-state index contributed by atoms with van der Waals surface area (Å²) in [4.78, 5) is 42.3. The topological polar surface area (TPSA) is 94.7 Å². The second-order valence-electron chi connectivity index (χ2n) is 9.09. The van der Waals surface area contributed by atoms with Gasteiger partial charge in [0.05, 0.1) is 18.0 Å². The molecule has 9 heteroatoms. The van der Waals surface area contributed by atoms with Crippen LogP contribution in [-0.4, -0.2) is 38.5 Å². The van der Waals surface area contributed by atoms with Crippen LogP contribution in [0.1, 0.15) is 43.0 Å². The van der Waals surface area contributed by atoms with E-state index < -0.39 is 12.0 Å². The van der Waals surface area contributed by atoms with Crippen LogP contribution >= 0.6 is 11.6 Å². The predicted octanol–water partition coefficient (Wildman–Crippen LogP) is 4.72. The maximum atomic E-state index is 13.1. The van der Waals surface area contributed by atoms with Crippen LogP contribution in [0.2, 0.25) is 5.02 Å². The van der Waals surface area contributed by atoms with E-state index in [1.54, 1.807) is 40.9 Å². The van der Waals surface area contributed by atoms with Crippen LogP contribution in [0.3, 0.4) is 0 Å². The smallest absolute Gasteiger partial charge is 0.328 e. The molecule has 190 valence electrons. The van der Waals surface area contributed by atoms with Crippen LogP contribution in [0.4, 0.5) is 0 Å². The van der Waals surface area contributed by atoms with Gasteiger partial charge in [0.25, 0.3) is 11.5 Å². The normalized spacial score (nSPS) is 15.2. The van der Waals surface area contributed by atoms with Crippen molar-refractivity contribution in [3.05, 3.63) is 81.7 Å². The SMILES string of the molecule is CCCCCn1c(-c2ccc(C(=O)NC3CCOC3=O)cc2)cc(=O)n2cc(-c3ccc(Cl)cc3)nc12. The van der Waals surface area contributed by atoms with E-state index in [2.05, 4.69) is 16.8 Å². The van der Waals surface area contributed by atoms with Crippen molar-refractivity contribution in [2.45, 2.75) is 45.2 Å². The summed E-state index contributed by atoms with van der Waals surface area (Å²) >= 11 is 6.04.